The maximum atomic E-state index is 12.6. The molecule has 1 aromatic carbocycles. The van der Waals surface area contributed by atoms with Crippen LogP contribution in [0.15, 0.2) is 18.2 Å². The summed E-state index contributed by atoms with van der Waals surface area (Å²) in [5.41, 5.74) is 9.29. The smallest absolute Gasteiger partial charge is 0.251 e. The van der Waals surface area contributed by atoms with Crippen LogP contribution in [0.25, 0.3) is 0 Å². The molecule has 0 saturated heterocycles. The summed E-state index contributed by atoms with van der Waals surface area (Å²) in [5.74, 6) is 0.183. The number of anilines is 1. The summed E-state index contributed by atoms with van der Waals surface area (Å²) in [6.07, 6.45) is 3.97. The monoisotopic (exact) mass is 401 g/mol. The van der Waals surface area contributed by atoms with Crippen molar-refractivity contribution in [3.8, 4) is 5.75 Å². The minimum Gasteiger partial charge on any atom is -0.496 e. The summed E-state index contributed by atoms with van der Waals surface area (Å²) in [5, 5.41) is 3.50. The van der Waals surface area contributed by atoms with Crippen LogP contribution in [-0.4, -0.2) is 37.4 Å². The number of amides is 2. The van der Waals surface area contributed by atoms with E-state index in [1.165, 1.54) is 16.2 Å². The largest absolute Gasteiger partial charge is 0.496 e. The molecule has 1 aromatic heterocycles. The lowest BCUT2D eigenvalue weighted by molar-refractivity contribution is -0.117. The van der Waals surface area contributed by atoms with E-state index in [4.69, 9.17) is 10.5 Å². The molecule has 1 aliphatic rings. The van der Waals surface area contributed by atoms with Gasteiger partial charge in [0, 0.05) is 17.0 Å². The highest BCUT2D eigenvalue weighted by Crippen LogP contribution is 2.37. The molecule has 2 aromatic rings. The van der Waals surface area contributed by atoms with Crippen molar-refractivity contribution in [2.45, 2.75) is 39.2 Å². The molecule has 0 spiro atoms. The summed E-state index contributed by atoms with van der Waals surface area (Å²) in [6, 6.07) is 6.00. The number of nitrogens with two attached hydrogens (primary N) is 1. The second kappa shape index (κ2) is 8.75. The molecule has 150 valence electrons. The number of aryl methyl sites for hydroxylation is 2. The van der Waals surface area contributed by atoms with E-state index in [-0.39, 0.29) is 12.5 Å². The van der Waals surface area contributed by atoms with Gasteiger partial charge in [0.05, 0.1) is 19.2 Å². The molecule has 6 nitrogen and oxygen atoms in total. The Morgan fingerprint density at radius 2 is 2.04 bits per heavy atom. The van der Waals surface area contributed by atoms with Crippen molar-refractivity contribution in [3.05, 3.63) is 45.3 Å². The number of hydrogen-bond donors (Lipinski definition) is 2. The molecular formula is C21H27N3O3S. The molecule has 0 radical (unpaired) electrons. The Morgan fingerprint density at radius 1 is 1.29 bits per heavy atom. The summed E-state index contributed by atoms with van der Waals surface area (Å²) in [4.78, 5) is 27.6. The van der Waals surface area contributed by atoms with Gasteiger partial charge in [-0.15, -0.1) is 11.3 Å². The minimum atomic E-state index is -0.465. The normalized spacial score (nSPS) is 13.3. The summed E-state index contributed by atoms with van der Waals surface area (Å²) < 4.78 is 5.41. The Balaban J connectivity index is 1.68. The van der Waals surface area contributed by atoms with Gasteiger partial charge in [0.15, 0.2) is 0 Å². The van der Waals surface area contributed by atoms with Crippen LogP contribution in [0.3, 0.4) is 0 Å². The summed E-state index contributed by atoms with van der Waals surface area (Å²) in [6.45, 7) is 2.82. The number of hydrogen-bond acceptors (Lipinski definition) is 5. The Kier molecular flexibility index (Phi) is 6.36. The Labute approximate surface area is 169 Å². The molecule has 3 rings (SSSR count). The first-order valence-corrected chi connectivity index (χ1v) is 10.3. The number of thiophene rings is 1. The van der Waals surface area contributed by atoms with Crippen LogP contribution < -0.4 is 15.8 Å². The van der Waals surface area contributed by atoms with Gasteiger partial charge < -0.3 is 15.8 Å². The van der Waals surface area contributed by atoms with Gasteiger partial charge in [0.1, 0.15) is 10.8 Å². The zero-order valence-corrected chi connectivity index (χ0v) is 17.4. The fraction of sp³-hybridized carbons (Fsp3) is 0.429. The van der Waals surface area contributed by atoms with E-state index in [0.29, 0.717) is 17.1 Å². The predicted octanol–water partition coefficient (Wildman–Crippen LogP) is 3.11. The third kappa shape index (κ3) is 4.54. The summed E-state index contributed by atoms with van der Waals surface area (Å²) >= 11 is 1.49. The molecule has 28 heavy (non-hydrogen) atoms. The number of nitrogens with one attached hydrogen (secondary N) is 1. The highest BCUT2D eigenvalue weighted by molar-refractivity contribution is 7.17. The Hall–Kier alpha value is -2.38. The Bertz CT molecular complexity index is 891. The number of benzene rings is 1. The second-order valence-corrected chi connectivity index (χ2v) is 8.42. The van der Waals surface area contributed by atoms with Gasteiger partial charge in [-0.25, -0.2) is 0 Å². The molecule has 3 N–H and O–H groups in total. The molecule has 0 saturated carbocycles. The topological polar surface area (TPSA) is 84.7 Å². The number of nitrogens with zero attached hydrogens (tertiary/aromatic N) is 1. The van der Waals surface area contributed by atoms with Crippen molar-refractivity contribution >= 4 is 28.2 Å². The van der Waals surface area contributed by atoms with Crippen LogP contribution in [0.4, 0.5) is 5.00 Å². The number of fused-ring (bicyclic) bond motifs is 1. The van der Waals surface area contributed by atoms with Crippen LogP contribution in [0, 0.1) is 6.92 Å². The Morgan fingerprint density at radius 3 is 2.75 bits per heavy atom. The highest BCUT2D eigenvalue weighted by atomic mass is 32.1. The molecule has 0 aliphatic heterocycles. The minimum absolute atomic E-state index is 0.157. The van der Waals surface area contributed by atoms with Gasteiger partial charge in [-0.1, -0.05) is 17.7 Å². The van der Waals surface area contributed by atoms with Crippen molar-refractivity contribution in [1.82, 2.24) is 4.90 Å². The lowest BCUT2D eigenvalue weighted by atomic mass is 9.95. The van der Waals surface area contributed by atoms with Gasteiger partial charge in [-0.3, -0.25) is 14.5 Å². The first kappa shape index (κ1) is 20.4. The molecule has 0 bridgehead atoms. The van der Waals surface area contributed by atoms with E-state index in [1.807, 2.05) is 31.0 Å². The van der Waals surface area contributed by atoms with Crippen LogP contribution in [0.2, 0.25) is 0 Å². The lowest BCUT2D eigenvalue weighted by Crippen LogP contribution is -2.30. The van der Waals surface area contributed by atoms with E-state index in [2.05, 4.69) is 11.4 Å². The van der Waals surface area contributed by atoms with Crippen molar-refractivity contribution in [2.75, 3.05) is 26.0 Å². The highest BCUT2D eigenvalue weighted by Gasteiger charge is 2.25. The predicted molar refractivity (Wildman–Crippen MR) is 112 cm³/mol. The zero-order valence-electron chi connectivity index (χ0n) is 16.6. The van der Waals surface area contributed by atoms with E-state index in [1.54, 1.807) is 7.11 Å². The number of methoxy groups -OCH3 is 1. The number of rotatable bonds is 7. The van der Waals surface area contributed by atoms with E-state index in [9.17, 15) is 9.59 Å². The van der Waals surface area contributed by atoms with Crippen molar-refractivity contribution in [3.63, 3.8) is 0 Å². The van der Waals surface area contributed by atoms with Crippen molar-refractivity contribution < 1.29 is 14.3 Å². The quantitative estimate of drug-likeness (QED) is 0.747. The lowest BCUT2D eigenvalue weighted by Gasteiger charge is -2.18. The van der Waals surface area contributed by atoms with Crippen molar-refractivity contribution in [2.24, 2.45) is 5.73 Å². The van der Waals surface area contributed by atoms with Crippen LogP contribution in [0.5, 0.6) is 5.75 Å². The molecular weight excluding hydrogens is 374 g/mol. The number of carbonyl (C=O) groups is 2. The first-order valence-electron chi connectivity index (χ1n) is 9.45. The number of primary amides is 1. The third-order valence-corrected chi connectivity index (χ3v) is 6.17. The maximum absolute atomic E-state index is 12.6. The number of ether oxygens (including phenoxy) is 1. The molecule has 0 atom stereocenters. The molecule has 0 fully saturated rings. The number of likely N-dealkylation sites (N-methyl/N-ethyl adjacent to an activating group) is 1. The molecule has 1 aliphatic carbocycles. The van der Waals surface area contributed by atoms with E-state index >= 15 is 0 Å². The molecule has 7 heteroatoms. The average molecular weight is 402 g/mol. The van der Waals surface area contributed by atoms with Gasteiger partial charge >= 0.3 is 0 Å². The first-order chi connectivity index (χ1) is 13.4. The zero-order chi connectivity index (χ0) is 20.3. The summed E-state index contributed by atoms with van der Waals surface area (Å²) in [7, 11) is 3.53. The average Bonchev–Trinajstić information content (AvgIpc) is 2.99. The SMILES string of the molecule is COc1ccc(C)cc1CN(C)CC(=O)Nc1sc2c(c1C(N)=O)CCCC2. The second-order valence-electron chi connectivity index (χ2n) is 7.32. The van der Waals surface area contributed by atoms with Crippen LogP contribution >= 0.6 is 11.3 Å². The number of carbonyl (C=O) groups excluding carboxylic acids is 2. The van der Waals surface area contributed by atoms with E-state index in [0.717, 1.165) is 48.1 Å². The van der Waals surface area contributed by atoms with Crippen LogP contribution in [0.1, 0.15) is 44.8 Å². The van der Waals surface area contributed by atoms with Gasteiger partial charge in [-0.05, 0) is 51.3 Å². The molecule has 2 amide bonds. The maximum Gasteiger partial charge on any atom is 0.251 e. The van der Waals surface area contributed by atoms with E-state index < -0.39 is 5.91 Å². The van der Waals surface area contributed by atoms with Gasteiger partial charge in [0.2, 0.25) is 5.91 Å². The van der Waals surface area contributed by atoms with Gasteiger partial charge in [-0.2, -0.15) is 0 Å². The molecule has 0 unspecified atom stereocenters. The third-order valence-electron chi connectivity index (χ3n) is 4.96. The standard InChI is InChI=1S/C21H27N3O3S/c1-13-8-9-16(27-3)14(10-13)11-24(2)12-18(25)23-21-19(20(22)26)15-6-4-5-7-17(15)28-21/h8-10H,4-7,11-12H2,1-3H3,(H2,22,26)(H,23,25). The van der Waals surface area contributed by atoms with Crippen molar-refractivity contribution in [1.29, 1.82) is 0 Å². The fourth-order valence-electron chi connectivity index (χ4n) is 3.70. The molecule has 1 heterocycles. The van der Waals surface area contributed by atoms with Crippen LogP contribution in [-0.2, 0) is 24.2 Å². The van der Waals surface area contributed by atoms with Gasteiger partial charge in [0.25, 0.3) is 5.91 Å². The fourth-order valence-corrected chi connectivity index (χ4v) is 5.01.